The number of nitrogens with zero attached hydrogens (tertiary/aromatic N) is 1. The van der Waals surface area contributed by atoms with E-state index in [0.717, 1.165) is 17.1 Å². The van der Waals surface area contributed by atoms with Crippen LogP contribution in [0.3, 0.4) is 0 Å². The number of hydrogen-bond acceptors (Lipinski definition) is 1. The Labute approximate surface area is 370 Å². The van der Waals surface area contributed by atoms with Crippen molar-refractivity contribution < 1.29 is 0 Å². The Morgan fingerprint density at radius 2 is 0.841 bits per heavy atom. The summed E-state index contributed by atoms with van der Waals surface area (Å²) in [5.41, 5.74) is 14.4. The minimum absolute atomic E-state index is 0.0286. The van der Waals surface area contributed by atoms with Crippen LogP contribution in [0, 0.1) is 0 Å². The molecule has 300 valence electrons. The second kappa shape index (κ2) is 15.6. The zero-order valence-electron chi connectivity index (χ0n) is 35.9. The summed E-state index contributed by atoms with van der Waals surface area (Å²) in [6, 6.07) is 85.0. The van der Waals surface area contributed by atoms with Gasteiger partial charge in [0.1, 0.15) is 0 Å². The van der Waals surface area contributed by atoms with Crippen molar-refractivity contribution in [3.63, 3.8) is 0 Å². The summed E-state index contributed by atoms with van der Waals surface area (Å²) in [5, 5.41) is 9.92. The lowest BCUT2D eigenvalue weighted by molar-refractivity contribution is 0.590. The molecule has 0 bridgehead atoms. The van der Waals surface area contributed by atoms with Crippen LogP contribution in [0.5, 0.6) is 0 Å². The quantitative estimate of drug-likeness (QED) is 0.145. The van der Waals surface area contributed by atoms with Crippen LogP contribution in [-0.2, 0) is 5.41 Å². The van der Waals surface area contributed by atoms with Crippen LogP contribution in [0.1, 0.15) is 26.3 Å². The van der Waals surface area contributed by atoms with E-state index in [2.05, 4.69) is 256 Å². The number of rotatable bonds is 7. The zero-order valence-corrected chi connectivity index (χ0v) is 35.9. The lowest BCUT2D eigenvalue weighted by Crippen LogP contribution is -2.13. The lowest BCUT2D eigenvalue weighted by atomic mass is 9.81. The number of fused-ring (bicyclic) bond motifs is 7. The van der Waals surface area contributed by atoms with Crippen LogP contribution in [-0.4, -0.2) is 0 Å². The molecule has 0 aromatic heterocycles. The standard InChI is InChI=1S/C62H47N/c1-62(2,3)46-34-36-47(37-35-46)63(58-33-18-17-30-52(58)50-32-19-27-42-24-13-14-28-49(42)50)48-38-39-54-57(40-48)51-29-15-16-31-53(51)60-56(44-22-9-5-10-23-44)41-55(43-20-7-4-8-21-43)59(61(54)60)45-25-11-6-12-26-45/h4-41H,1-3H3. The van der Waals surface area contributed by atoms with Crippen molar-refractivity contribution in [1.29, 1.82) is 0 Å². The summed E-state index contributed by atoms with van der Waals surface area (Å²) in [5.74, 6) is 0. The molecule has 11 aromatic rings. The summed E-state index contributed by atoms with van der Waals surface area (Å²) in [7, 11) is 0. The molecule has 11 rings (SSSR count). The summed E-state index contributed by atoms with van der Waals surface area (Å²) < 4.78 is 0. The topological polar surface area (TPSA) is 3.24 Å². The Kier molecular flexibility index (Phi) is 9.47. The first-order valence-electron chi connectivity index (χ1n) is 22.0. The zero-order chi connectivity index (χ0) is 42.5. The lowest BCUT2D eigenvalue weighted by Gasteiger charge is -2.30. The Morgan fingerprint density at radius 1 is 0.317 bits per heavy atom. The third-order valence-corrected chi connectivity index (χ3v) is 12.8. The van der Waals surface area contributed by atoms with Gasteiger partial charge in [0.25, 0.3) is 0 Å². The van der Waals surface area contributed by atoms with E-state index in [-0.39, 0.29) is 5.41 Å². The van der Waals surface area contributed by atoms with Crippen molar-refractivity contribution in [2.24, 2.45) is 0 Å². The molecular formula is C62H47N. The van der Waals surface area contributed by atoms with Crippen molar-refractivity contribution in [2.45, 2.75) is 26.2 Å². The average molecular weight is 806 g/mol. The van der Waals surface area contributed by atoms with Gasteiger partial charge in [-0.1, -0.05) is 215 Å². The highest BCUT2D eigenvalue weighted by Crippen LogP contribution is 2.51. The molecule has 1 heteroatoms. The maximum atomic E-state index is 2.47. The summed E-state index contributed by atoms with van der Waals surface area (Å²) in [4.78, 5) is 2.47. The first kappa shape index (κ1) is 38.2. The molecule has 0 amide bonds. The van der Waals surface area contributed by atoms with Crippen LogP contribution in [0.25, 0.3) is 87.6 Å². The van der Waals surface area contributed by atoms with E-state index in [1.165, 1.54) is 93.2 Å². The van der Waals surface area contributed by atoms with Crippen LogP contribution in [0.4, 0.5) is 17.1 Å². The highest BCUT2D eigenvalue weighted by Gasteiger charge is 2.24. The van der Waals surface area contributed by atoms with Gasteiger partial charge in [0, 0.05) is 16.9 Å². The largest absolute Gasteiger partial charge is 0.310 e. The highest BCUT2D eigenvalue weighted by molar-refractivity contribution is 6.33. The van der Waals surface area contributed by atoms with E-state index in [1.807, 2.05) is 0 Å². The Hall–Kier alpha value is -7.74. The van der Waals surface area contributed by atoms with Gasteiger partial charge in [0.05, 0.1) is 5.69 Å². The smallest absolute Gasteiger partial charge is 0.0540 e. The maximum Gasteiger partial charge on any atom is 0.0540 e. The fraction of sp³-hybridized carbons (Fsp3) is 0.0645. The van der Waals surface area contributed by atoms with Gasteiger partial charge in [-0.25, -0.2) is 0 Å². The van der Waals surface area contributed by atoms with Gasteiger partial charge in [-0.2, -0.15) is 0 Å². The molecule has 0 aliphatic carbocycles. The molecule has 0 unspecified atom stereocenters. The highest BCUT2D eigenvalue weighted by atomic mass is 15.1. The number of hydrogen-bond donors (Lipinski definition) is 0. The summed E-state index contributed by atoms with van der Waals surface area (Å²) in [6.45, 7) is 6.85. The minimum atomic E-state index is 0.0286. The van der Waals surface area contributed by atoms with Crippen LogP contribution in [0.15, 0.2) is 231 Å². The fourth-order valence-electron chi connectivity index (χ4n) is 9.77. The Balaban J connectivity index is 1.26. The molecular weight excluding hydrogens is 759 g/mol. The monoisotopic (exact) mass is 805 g/mol. The normalized spacial score (nSPS) is 11.7. The molecule has 0 heterocycles. The van der Waals surface area contributed by atoms with Gasteiger partial charge in [0.2, 0.25) is 0 Å². The van der Waals surface area contributed by atoms with Crippen LogP contribution < -0.4 is 4.90 Å². The molecule has 0 spiro atoms. The predicted molar refractivity (Wildman–Crippen MR) is 272 cm³/mol. The molecule has 0 aliphatic heterocycles. The van der Waals surface area contributed by atoms with E-state index >= 15 is 0 Å². The number of benzene rings is 11. The number of para-hydroxylation sites is 1. The van der Waals surface area contributed by atoms with Crippen molar-refractivity contribution in [3.05, 3.63) is 236 Å². The van der Waals surface area contributed by atoms with Crippen molar-refractivity contribution in [3.8, 4) is 44.5 Å². The van der Waals surface area contributed by atoms with Gasteiger partial charge in [0.15, 0.2) is 0 Å². The van der Waals surface area contributed by atoms with E-state index in [4.69, 9.17) is 0 Å². The SMILES string of the molecule is CC(C)(C)c1ccc(N(c2ccc3c(c2)c2ccccc2c2c(-c4ccccc4)cc(-c4ccccc4)c(-c4ccccc4)c32)c2ccccc2-c2cccc3ccccc23)cc1. The predicted octanol–water partition coefficient (Wildman–Crippen LogP) is 17.7. The van der Waals surface area contributed by atoms with E-state index in [9.17, 15) is 0 Å². The van der Waals surface area contributed by atoms with E-state index in [0.29, 0.717) is 0 Å². The summed E-state index contributed by atoms with van der Waals surface area (Å²) in [6.07, 6.45) is 0. The third kappa shape index (κ3) is 6.74. The third-order valence-electron chi connectivity index (χ3n) is 12.8. The maximum absolute atomic E-state index is 2.47. The van der Waals surface area contributed by atoms with Gasteiger partial charge >= 0.3 is 0 Å². The van der Waals surface area contributed by atoms with Crippen molar-refractivity contribution >= 4 is 60.2 Å². The Bertz CT molecular complexity index is 3450. The second-order valence-corrected chi connectivity index (χ2v) is 17.6. The molecule has 0 aliphatic rings. The Morgan fingerprint density at radius 3 is 1.54 bits per heavy atom. The minimum Gasteiger partial charge on any atom is -0.310 e. The van der Waals surface area contributed by atoms with Gasteiger partial charge in [-0.05, 0) is 129 Å². The summed E-state index contributed by atoms with van der Waals surface area (Å²) >= 11 is 0. The molecule has 1 nitrogen and oxygen atoms in total. The average Bonchev–Trinajstić information content (AvgIpc) is 3.34. The fourth-order valence-corrected chi connectivity index (χ4v) is 9.77. The van der Waals surface area contributed by atoms with Crippen molar-refractivity contribution in [2.75, 3.05) is 4.90 Å². The molecule has 0 atom stereocenters. The first-order valence-corrected chi connectivity index (χ1v) is 22.0. The van der Waals surface area contributed by atoms with Gasteiger partial charge in [-0.15, -0.1) is 0 Å². The molecule has 0 N–H and O–H groups in total. The number of anilines is 3. The molecule has 0 saturated carbocycles. The van der Waals surface area contributed by atoms with Gasteiger partial charge < -0.3 is 4.90 Å². The van der Waals surface area contributed by atoms with E-state index < -0.39 is 0 Å². The molecule has 0 radical (unpaired) electrons. The van der Waals surface area contributed by atoms with E-state index in [1.54, 1.807) is 0 Å². The first-order chi connectivity index (χ1) is 30.9. The van der Waals surface area contributed by atoms with Crippen LogP contribution >= 0.6 is 0 Å². The van der Waals surface area contributed by atoms with Gasteiger partial charge in [-0.3, -0.25) is 0 Å². The molecule has 0 saturated heterocycles. The van der Waals surface area contributed by atoms with Crippen LogP contribution in [0.2, 0.25) is 0 Å². The van der Waals surface area contributed by atoms with Crippen molar-refractivity contribution in [1.82, 2.24) is 0 Å². The molecule has 0 fully saturated rings. The molecule has 11 aromatic carbocycles. The second-order valence-electron chi connectivity index (χ2n) is 17.6. The molecule has 63 heavy (non-hydrogen) atoms.